The second kappa shape index (κ2) is 5.21. The minimum absolute atomic E-state index is 0.174. The quantitative estimate of drug-likeness (QED) is 0.776. The zero-order chi connectivity index (χ0) is 11.4. The molecular formula is C10H14ClNO3. The highest BCUT2D eigenvalue weighted by molar-refractivity contribution is 6.32. The van der Waals surface area contributed by atoms with Crippen LogP contribution < -0.4 is 10.6 Å². The molecule has 1 aromatic rings. The molecular weight excluding hydrogens is 218 g/mol. The fraction of sp³-hybridized carbons (Fsp3) is 0.400. The molecule has 3 N–H and O–H groups in total. The maximum absolute atomic E-state index is 9.83. The van der Waals surface area contributed by atoms with E-state index in [2.05, 4.69) is 4.84 Å². The summed E-state index contributed by atoms with van der Waals surface area (Å²) in [4.78, 5) is 4.45. The van der Waals surface area contributed by atoms with E-state index in [0.29, 0.717) is 34.9 Å². The zero-order valence-electron chi connectivity index (χ0n) is 8.71. The van der Waals surface area contributed by atoms with Crippen LogP contribution >= 0.6 is 11.6 Å². The van der Waals surface area contributed by atoms with E-state index in [1.807, 2.05) is 0 Å². The van der Waals surface area contributed by atoms with E-state index in [9.17, 15) is 5.11 Å². The lowest BCUT2D eigenvalue weighted by Crippen LogP contribution is -2.04. The van der Waals surface area contributed by atoms with Crippen molar-refractivity contribution in [1.29, 1.82) is 0 Å². The molecule has 0 aromatic heterocycles. The van der Waals surface area contributed by atoms with E-state index in [4.69, 9.17) is 22.2 Å². The summed E-state index contributed by atoms with van der Waals surface area (Å²) in [5.74, 6) is 5.59. The summed E-state index contributed by atoms with van der Waals surface area (Å²) < 4.78 is 5.07. The number of hydrogen-bond acceptors (Lipinski definition) is 4. The van der Waals surface area contributed by atoms with Gasteiger partial charge in [-0.2, -0.15) is 0 Å². The van der Waals surface area contributed by atoms with Crippen LogP contribution in [0, 0.1) is 6.92 Å². The molecule has 0 radical (unpaired) electrons. The van der Waals surface area contributed by atoms with E-state index in [1.165, 1.54) is 7.11 Å². The number of rotatable bonds is 4. The number of nitrogens with two attached hydrogens (primary N) is 1. The Bertz CT molecular complexity index is 355. The Morgan fingerprint density at radius 1 is 1.53 bits per heavy atom. The van der Waals surface area contributed by atoms with Crippen LogP contribution in [0.5, 0.6) is 11.5 Å². The van der Waals surface area contributed by atoms with Gasteiger partial charge < -0.3 is 14.7 Å². The number of methoxy groups -OCH3 is 1. The predicted octanol–water partition coefficient (Wildman–Crippen LogP) is 1.80. The summed E-state index contributed by atoms with van der Waals surface area (Å²) in [7, 11) is 1.51. The smallest absolute Gasteiger partial charge is 0.144 e. The van der Waals surface area contributed by atoms with Gasteiger partial charge in [-0.25, -0.2) is 5.90 Å². The molecule has 0 fully saturated rings. The molecule has 0 spiro atoms. The maximum atomic E-state index is 9.83. The fourth-order valence-electron chi connectivity index (χ4n) is 1.42. The maximum Gasteiger partial charge on any atom is 0.144 e. The third-order valence-electron chi connectivity index (χ3n) is 2.21. The largest absolute Gasteiger partial charge is 0.507 e. The first kappa shape index (κ1) is 12.1. The van der Waals surface area contributed by atoms with Crippen molar-refractivity contribution in [2.24, 2.45) is 5.90 Å². The number of halogens is 1. The molecule has 1 rings (SSSR count). The van der Waals surface area contributed by atoms with Crippen LogP contribution in [0.4, 0.5) is 0 Å². The van der Waals surface area contributed by atoms with Gasteiger partial charge in [0.05, 0.1) is 18.7 Å². The van der Waals surface area contributed by atoms with Gasteiger partial charge in [-0.15, -0.1) is 0 Å². The highest BCUT2D eigenvalue weighted by atomic mass is 35.5. The molecule has 15 heavy (non-hydrogen) atoms. The molecule has 0 saturated carbocycles. The summed E-state index contributed by atoms with van der Waals surface area (Å²) in [6.45, 7) is 2.07. The van der Waals surface area contributed by atoms with Crippen molar-refractivity contribution in [1.82, 2.24) is 0 Å². The number of hydrogen-bond donors (Lipinski definition) is 2. The van der Waals surface area contributed by atoms with E-state index >= 15 is 0 Å². The van der Waals surface area contributed by atoms with Crippen LogP contribution in [-0.2, 0) is 11.3 Å². The molecule has 0 unspecified atom stereocenters. The van der Waals surface area contributed by atoms with Crippen LogP contribution in [0.3, 0.4) is 0 Å². The van der Waals surface area contributed by atoms with Gasteiger partial charge in [0.2, 0.25) is 0 Å². The molecule has 0 amide bonds. The summed E-state index contributed by atoms with van der Waals surface area (Å²) in [6, 6.07) is 1.65. The fourth-order valence-corrected chi connectivity index (χ4v) is 1.78. The van der Waals surface area contributed by atoms with Gasteiger partial charge in [-0.1, -0.05) is 11.6 Å². The average Bonchev–Trinajstić information content (AvgIpc) is 2.22. The van der Waals surface area contributed by atoms with Gasteiger partial charge >= 0.3 is 0 Å². The lowest BCUT2D eigenvalue weighted by atomic mass is 10.1. The normalized spacial score (nSPS) is 10.4. The highest BCUT2D eigenvalue weighted by Gasteiger charge is 2.13. The first-order valence-corrected chi connectivity index (χ1v) is 4.86. The molecule has 0 saturated heterocycles. The monoisotopic (exact) mass is 231 g/mol. The third kappa shape index (κ3) is 2.53. The molecule has 84 valence electrons. The van der Waals surface area contributed by atoms with Gasteiger partial charge in [-0.05, 0) is 18.6 Å². The van der Waals surface area contributed by atoms with Crippen molar-refractivity contribution in [3.63, 3.8) is 0 Å². The van der Waals surface area contributed by atoms with Crippen molar-refractivity contribution in [3.05, 3.63) is 22.2 Å². The number of phenolic OH excluding ortho intramolecular Hbond substituents is 1. The zero-order valence-corrected chi connectivity index (χ0v) is 9.47. The second-order valence-electron chi connectivity index (χ2n) is 3.15. The SMILES string of the molecule is COc1c(Cl)cc(CCON)c(O)c1C. The van der Waals surface area contributed by atoms with E-state index in [-0.39, 0.29) is 5.75 Å². The van der Waals surface area contributed by atoms with Crippen molar-refractivity contribution < 1.29 is 14.7 Å². The molecule has 0 atom stereocenters. The van der Waals surface area contributed by atoms with E-state index in [1.54, 1.807) is 13.0 Å². The van der Waals surface area contributed by atoms with Gasteiger partial charge in [0.15, 0.2) is 0 Å². The summed E-state index contributed by atoms with van der Waals surface area (Å²) >= 11 is 5.98. The number of phenols is 1. The molecule has 0 heterocycles. The Morgan fingerprint density at radius 3 is 2.73 bits per heavy atom. The number of benzene rings is 1. The van der Waals surface area contributed by atoms with Crippen LogP contribution in [-0.4, -0.2) is 18.8 Å². The van der Waals surface area contributed by atoms with Crippen molar-refractivity contribution in [2.45, 2.75) is 13.3 Å². The van der Waals surface area contributed by atoms with Crippen molar-refractivity contribution in [3.8, 4) is 11.5 Å². The average molecular weight is 232 g/mol. The summed E-state index contributed by atoms with van der Waals surface area (Å²) in [5, 5.41) is 10.3. The van der Waals surface area contributed by atoms with Gasteiger partial charge in [0, 0.05) is 12.0 Å². The minimum Gasteiger partial charge on any atom is -0.507 e. The second-order valence-corrected chi connectivity index (χ2v) is 3.55. The van der Waals surface area contributed by atoms with Gasteiger partial charge in [0.25, 0.3) is 0 Å². The molecule has 0 aliphatic carbocycles. The van der Waals surface area contributed by atoms with Crippen LogP contribution in [0.15, 0.2) is 6.07 Å². The Morgan fingerprint density at radius 2 is 2.20 bits per heavy atom. The lowest BCUT2D eigenvalue weighted by Gasteiger charge is -2.12. The first-order chi connectivity index (χ1) is 7.11. The summed E-state index contributed by atoms with van der Waals surface area (Å²) in [5.41, 5.74) is 1.32. The molecule has 1 aromatic carbocycles. The lowest BCUT2D eigenvalue weighted by molar-refractivity contribution is 0.140. The van der Waals surface area contributed by atoms with Crippen molar-refractivity contribution in [2.75, 3.05) is 13.7 Å². The van der Waals surface area contributed by atoms with Crippen LogP contribution in [0.25, 0.3) is 0 Å². The molecule has 0 bridgehead atoms. The van der Waals surface area contributed by atoms with Crippen LogP contribution in [0.2, 0.25) is 5.02 Å². The molecule has 0 aliphatic heterocycles. The predicted molar refractivity (Wildman–Crippen MR) is 58.2 cm³/mol. The Hall–Kier alpha value is -0.970. The van der Waals surface area contributed by atoms with Gasteiger partial charge in [-0.3, -0.25) is 0 Å². The topological polar surface area (TPSA) is 64.7 Å². The Kier molecular flexibility index (Phi) is 4.20. The highest BCUT2D eigenvalue weighted by Crippen LogP contribution is 2.37. The Balaban J connectivity index is 3.10. The molecule has 0 aliphatic rings. The van der Waals surface area contributed by atoms with Gasteiger partial charge in [0.1, 0.15) is 11.5 Å². The van der Waals surface area contributed by atoms with E-state index < -0.39 is 0 Å². The Labute approximate surface area is 93.5 Å². The molecule has 5 heteroatoms. The number of aromatic hydroxyl groups is 1. The van der Waals surface area contributed by atoms with Crippen LogP contribution in [0.1, 0.15) is 11.1 Å². The van der Waals surface area contributed by atoms with E-state index in [0.717, 1.165) is 0 Å². The third-order valence-corrected chi connectivity index (χ3v) is 2.49. The minimum atomic E-state index is 0.174. The first-order valence-electron chi connectivity index (χ1n) is 4.48. The number of ether oxygens (including phenoxy) is 1. The molecule has 4 nitrogen and oxygen atoms in total. The van der Waals surface area contributed by atoms with Crippen molar-refractivity contribution >= 4 is 11.6 Å². The standard InChI is InChI=1S/C10H14ClNO3/c1-6-9(13)7(3-4-15-12)5-8(11)10(6)14-2/h5,13H,3-4,12H2,1-2H3. The summed E-state index contributed by atoms with van der Waals surface area (Å²) in [6.07, 6.45) is 0.507.